The number of carbonyl (C=O) groups excluding carboxylic acids is 3. The first-order chi connectivity index (χ1) is 17.9. The van der Waals surface area contributed by atoms with Gasteiger partial charge < -0.3 is 30.9 Å². The van der Waals surface area contributed by atoms with E-state index >= 15 is 0 Å². The Labute approximate surface area is 223 Å². The molecule has 0 saturated carbocycles. The van der Waals surface area contributed by atoms with Gasteiger partial charge in [0.2, 0.25) is 12.3 Å². The van der Waals surface area contributed by atoms with Gasteiger partial charge in [-0.05, 0) is 74.9 Å². The van der Waals surface area contributed by atoms with Crippen molar-refractivity contribution >= 4 is 18.4 Å². The lowest BCUT2D eigenvalue weighted by Crippen LogP contribution is -2.59. The molecule has 0 fully saturated rings. The number of alkyl carbamates (subject to hydrolysis) is 1. The molecule has 0 aliphatic carbocycles. The fourth-order valence-electron chi connectivity index (χ4n) is 3.91. The Hall–Kier alpha value is -3.57. The van der Waals surface area contributed by atoms with Gasteiger partial charge in [-0.15, -0.1) is 0 Å². The van der Waals surface area contributed by atoms with Gasteiger partial charge in [0.15, 0.2) is 0 Å². The summed E-state index contributed by atoms with van der Waals surface area (Å²) in [6, 6.07) is 4.16. The minimum Gasteiger partial charge on any atom is -0.444 e. The third-order valence-electron chi connectivity index (χ3n) is 5.81. The Morgan fingerprint density at radius 1 is 0.895 bits per heavy atom. The van der Waals surface area contributed by atoms with Crippen LogP contribution in [0.3, 0.4) is 0 Å². The van der Waals surface area contributed by atoms with Crippen LogP contribution in [0.2, 0.25) is 0 Å². The molecule has 0 aliphatic rings. The van der Waals surface area contributed by atoms with Crippen LogP contribution in [0, 0.1) is 5.92 Å². The second kappa shape index (κ2) is 14.4. The van der Waals surface area contributed by atoms with Crippen molar-refractivity contribution in [2.75, 3.05) is 0 Å². The van der Waals surface area contributed by atoms with Gasteiger partial charge in [-0.1, -0.05) is 13.8 Å². The number of aliphatic hydroxyl groups is 2. The van der Waals surface area contributed by atoms with Gasteiger partial charge in [0.25, 0.3) is 0 Å². The highest BCUT2D eigenvalue weighted by atomic mass is 16.6. The molecule has 11 nitrogen and oxygen atoms in total. The number of rotatable bonds is 13. The number of nitrogens with one attached hydrogen (secondary N) is 3. The van der Waals surface area contributed by atoms with Gasteiger partial charge in [-0.2, -0.15) is 0 Å². The maximum atomic E-state index is 13.1. The average molecular weight is 530 g/mol. The van der Waals surface area contributed by atoms with E-state index in [0.717, 1.165) is 11.1 Å². The van der Waals surface area contributed by atoms with Crippen LogP contribution < -0.4 is 16.0 Å². The number of ether oxygens (including phenoxy) is 1. The fourth-order valence-corrected chi connectivity index (χ4v) is 3.91. The SMILES string of the molecule is CC(C)[C@H](NC=O)C(=O)N[C@H](Cc1ccncc1)[C@@H](O)[C@@H](O)C(Cc1ccncc1)NC(=O)OC(C)(C)C. The van der Waals surface area contributed by atoms with Crippen molar-refractivity contribution in [2.24, 2.45) is 5.92 Å². The molecule has 208 valence electrons. The van der Waals surface area contributed by atoms with Gasteiger partial charge in [-0.25, -0.2) is 4.79 Å². The summed E-state index contributed by atoms with van der Waals surface area (Å²) in [7, 11) is 0. The average Bonchev–Trinajstić information content (AvgIpc) is 2.85. The van der Waals surface area contributed by atoms with Gasteiger partial charge in [0.1, 0.15) is 23.9 Å². The first kappa shape index (κ1) is 30.7. The summed E-state index contributed by atoms with van der Waals surface area (Å²) in [5.74, 6) is -0.736. The molecule has 0 spiro atoms. The molecule has 1 unspecified atom stereocenters. The maximum absolute atomic E-state index is 13.1. The van der Waals surface area contributed by atoms with E-state index in [1.807, 2.05) is 0 Å². The number of carbonyl (C=O) groups is 3. The zero-order chi connectivity index (χ0) is 28.3. The standard InChI is InChI=1S/C27H39N5O6/c1-17(2)22(30-16-33)25(36)31-20(14-18-6-10-28-11-7-18)23(34)24(35)21(15-19-8-12-29-13-9-19)32-26(37)38-27(3,4)5/h6-13,16-17,20-24,34-35H,14-15H2,1-5H3,(H,30,33)(H,31,36)(H,32,37)/t20-,21?,22+,23-,24+/m1/s1. The molecular weight excluding hydrogens is 490 g/mol. The van der Waals surface area contributed by atoms with Crippen LogP contribution >= 0.6 is 0 Å². The third kappa shape index (κ3) is 10.1. The predicted octanol–water partition coefficient (Wildman–Crippen LogP) is 1.13. The van der Waals surface area contributed by atoms with E-state index in [1.165, 1.54) is 0 Å². The lowest BCUT2D eigenvalue weighted by Gasteiger charge is -2.34. The number of aromatic nitrogens is 2. The van der Waals surface area contributed by atoms with Gasteiger partial charge >= 0.3 is 6.09 Å². The number of hydrogen-bond acceptors (Lipinski definition) is 8. The molecule has 5 atom stereocenters. The first-order valence-electron chi connectivity index (χ1n) is 12.5. The fraction of sp³-hybridized carbons (Fsp3) is 0.519. The molecule has 2 aromatic heterocycles. The molecule has 2 aromatic rings. The van der Waals surface area contributed by atoms with Crippen molar-refractivity contribution in [1.29, 1.82) is 0 Å². The second-order valence-corrected chi connectivity index (χ2v) is 10.5. The van der Waals surface area contributed by atoms with E-state index < -0.39 is 47.9 Å². The Kier molecular flexibility index (Phi) is 11.6. The normalized spacial score (nSPS) is 15.5. The predicted molar refractivity (Wildman–Crippen MR) is 141 cm³/mol. The maximum Gasteiger partial charge on any atom is 0.407 e. The summed E-state index contributed by atoms with van der Waals surface area (Å²) >= 11 is 0. The highest BCUT2D eigenvalue weighted by Gasteiger charge is 2.36. The summed E-state index contributed by atoms with van der Waals surface area (Å²) in [6.45, 7) is 8.70. The van der Waals surface area contributed by atoms with Crippen LogP contribution in [0.5, 0.6) is 0 Å². The third-order valence-corrected chi connectivity index (χ3v) is 5.81. The number of hydrogen-bond donors (Lipinski definition) is 5. The quantitative estimate of drug-likeness (QED) is 0.241. The minimum atomic E-state index is -1.50. The van der Waals surface area contributed by atoms with Crippen molar-refractivity contribution in [2.45, 2.75) is 83.4 Å². The van der Waals surface area contributed by atoms with E-state index in [-0.39, 0.29) is 18.8 Å². The molecule has 0 bridgehead atoms. The molecule has 2 heterocycles. The Morgan fingerprint density at radius 2 is 1.34 bits per heavy atom. The van der Waals surface area contributed by atoms with Crippen molar-refractivity contribution in [3.05, 3.63) is 60.2 Å². The minimum absolute atomic E-state index is 0.160. The lowest BCUT2D eigenvalue weighted by molar-refractivity contribution is -0.128. The Bertz CT molecular complexity index is 1020. The summed E-state index contributed by atoms with van der Waals surface area (Å²) in [5, 5.41) is 30.6. The van der Waals surface area contributed by atoms with Crippen molar-refractivity contribution in [3.63, 3.8) is 0 Å². The molecule has 38 heavy (non-hydrogen) atoms. The summed E-state index contributed by atoms with van der Waals surface area (Å²) in [6.07, 6.45) is 3.34. The highest BCUT2D eigenvalue weighted by molar-refractivity contribution is 5.84. The zero-order valence-corrected chi connectivity index (χ0v) is 22.5. The van der Waals surface area contributed by atoms with E-state index in [2.05, 4.69) is 25.9 Å². The summed E-state index contributed by atoms with van der Waals surface area (Å²) < 4.78 is 5.37. The van der Waals surface area contributed by atoms with Crippen LogP contribution in [-0.4, -0.2) is 74.5 Å². The Balaban J connectivity index is 2.34. The highest BCUT2D eigenvalue weighted by Crippen LogP contribution is 2.16. The van der Waals surface area contributed by atoms with Crippen LogP contribution in [0.25, 0.3) is 0 Å². The number of pyridine rings is 2. The van der Waals surface area contributed by atoms with Crippen molar-refractivity contribution < 1.29 is 29.3 Å². The number of aliphatic hydroxyl groups excluding tert-OH is 2. The zero-order valence-electron chi connectivity index (χ0n) is 22.5. The van der Waals surface area contributed by atoms with E-state index in [0.29, 0.717) is 6.41 Å². The molecule has 11 heteroatoms. The molecule has 0 radical (unpaired) electrons. The summed E-state index contributed by atoms with van der Waals surface area (Å²) in [5.41, 5.74) is 0.744. The van der Waals surface area contributed by atoms with Crippen molar-refractivity contribution in [1.82, 2.24) is 25.9 Å². The second-order valence-electron chi connectivity index (χ2n) is 10.5. The largest absolute Gasteiger partial charge is 0.444 e. The number of amides is 3. The molecule has 2 rings (SSSR count). The molecule has 0 saturated heterocycles. The topological polar surface area (TPSA) is 163 Å². The first-order valence-corrected chi connectivity index (χ1v) is 12.5. The van der Waals surface area contributed by atoms with Crippen LogP contribution in [-0.2, 0) is 27.2 Å². The monoisotopic (exact) mass is 529 g/mol. The number of nitrogens with zero attached hydrogens (tertiary/aromatic N) is 2. The van der Waals surface area contributed by atoms with Gasteiger partial charge in [0, 0.05) is 24.8 Å². The van der Waals surface area contributed by atoms with Crippen molar-refractivity contribution in [3.8, 4) is 0 Å². The van der Waals surface area contributed by atoms with E-state index in [4.69, 9.17) is 4.74 Å². The Morgan fingerprint density at radius 3 is 1.74 bits per heavy atom. The van der Waals surface area contributed by atoms with Gasteiger partial charge in [-0.3, -0.25) is 19.6 Å². The van der Waals surface area contributed by atoms with Crippen LogP contribution in [0.15, 0.2) is 49.1 Å². The van der Waals surface area contributed by atoms with E-state index in [1.54, 1.807) is 83.7 Å². The van der Waals surface area contributed by atoms with Gasteiger partial charge in [0.05, 0.1) is 12.1 Å². The van der Waals surface area contributed by atoms with E-state index in [9.17, 15) is 24.6 Å². The molecule has 0 aromatic carbocycles. The molecule has 5 N–H and O–H groups in total. The van der Waals surface area contributed by atoms with Crippen LogP contribution in [0.4, 0.5) is 4.79 Å². The van der Waals surface area contributed by atoms with Crippen LogP contribution in [0.1, 0.15) is 45.7 Å². The summed E-state index contributed by atoms with van der Waals surface area (Å²) in [4.78, 5) is 44.7. The smallest absolute Gasteiger partial charge is 0.407 e. The lowest BCUT2D eigenvalue weighted by atomic mass is 9.91. The molecular formula is C27H39N5O6. The molecule has 3 amide bonds. The molecule has 0 aliphatic heterocycles.